The molecule has 1 aromatic rings. The van der Waals surface area contributed by atoms with Gasteiger partial charge in [0.25, 0.3) is 0 Å². The van der Waals surface area contributed by atoms with Gasteiger partial charge in [0.15, 0.2) is 5.96 Å². The molecule has 0 aliphatic rings. The maximum atomic E-state index is 12.8. The summed E-state index contributed by atoms with van der Waals surface area (Å²) < 4.78 is 12.8. The van der Waals surface area contributed by atoms with E-state index in [1.165, 1.54) is 12.1 Å². The fourth-order valence-corrected chi connectivity index (χ4v) is 1.65. The van der Waals surface area contributed by atoms with Crippen molar-refractivity contribution in [2.24, 2.45) is 10.9 Å². The molecule has 1 atom stereocenters. The maximum absolute atomic E-state index is 12.8. The van der Waals surface area contributed by atoms with Crippen LogP contribution in [0.2, 0.25) is 0 Å². The van der Waals surface area contributed by atoms with Crippen LogP contribution in [0.4, 0.5) is 4.39 Å². The second-order valence-corrected chi connectivity index (χ2v) is 5.31. The van der Waals surface area contributed by atoms with Crippen LogP contribution >= 0.6 is 24.0 Å². The Kier molecular flexibility index (Phi) is 10.4. The summed E-state index contributed by atoms with van der Waals surface area (Å²) in [6.45, 7) is 10.1. The van der Waals surface area contributed by atoms with Crippen LogP contribution in [0.25, 0.3) is 0 Å². The Hall–Kier alpha value is -0.850. The van der Waals surface area contributed by atoms with E-state index in [9.17, 15) is 4.39 Å². The lowest BCUT2D eigenvalue weighted by Gasteiger charge is -2.20. The van der Waals surface area contributed by atoms with E-state index in [0.29, 0.717) is 18.5 Å². The second kappa shape index (κ2) is 10.8. The molecule has 0 saturated heterocycles. The summed E-state index contributed by atoms with van der Waals surface area (Å²) in [6, 6.07) is 6.97. The number of nitrogens with one attached hydrogen (secondary N) is 2. The number of hydrogen-bond donors (Lipinski definition) is 2. The first-order valence-electron chi connectivity index (χ1n) is 7.32. The van der Waals surface area contributed by atoms with Gasteiger partial charge in [-0.1, -0.05) is 26.0 Å². The first-order valence-corrected chi connectivity index (χ1v) is 7.32. The summed E-state index contributed by atoms with van der Waals surface area (Å²) >= 11 is 0. The summed E-state index contributed by atoms with van der Waals surface area (Å²) in [6.07, 6.45) is 0.812. The molecule has 21 heavy (non-hydrogen) atoms. The standard InChI is InChI=1S/C16H26FN3.HI/c1-5-18-16(20-13(4)12(2)3)19-11-10-14-6-8-15(17)9-7-14;/h6-9,12-13H,5,10-11H2,1-4H3,(H2,18,19,20);1H. The van der Waals surface area contributed by atoms with Crippen molar-refractivity contribution in [2.75, 3.05) is 13.1 Å². The van der Waals surface area contributed by atoms with E-state index >= 15 is 0 Å². The minimum absolute atomic E-state index is 0. The summed E-state index contributed by atoms with van der Waals surface area (Å²) in [4.78, 5) is 4.55. The van der Waals surface area contributed by atoms with Crippen LogP contribution in [0, 0.1) is 11.7 Å². The Balaban J connectivity index is 0.00000400. The molecule has 5 heteroatoms. The molecule has 0 aliphatic carbocycles. The van der Waals surface area contributed by atoms with Crippen molar-refractivity contribution in [3.63, 3.8) is 0 Å². The van der Waals surface area contributed by atoms with Gasteiger partial charge in [0.05, 0.1) is 0 Å². The van der Waals surface area contributed by atoms with Gasteiger partial charge in [-0.25, -0.2) is 4.39 Å². The van der Waals surface area contributed by atoms with E-state index in [0.717, 1.165) is 24.5 Å². The lowest BCUT2D eigenvalue weighted by atomic mass is 10.1. The number of aliphatic imine (C=N–C) groups is 1. The van der Waals surface area contributed by atoms with Crippen LogP contribution in [-0.4, -0.2) is 25.1 Å². The Labute approximate surface area is 144 Å². The van der Waals surface area contributed by atoms with E-state index in [4.69, 9.17) is 0 Å². The predicted octanol–water partition coefficient (Wildman–Crippen LogP) is 3.59. The summed E-state index contributed by atoms with van der Waals surface area (Å²) in [5.41, 5.74) is 1.10. The fourth-order valence-electron chi connectivity index (χ4n) is 1.65. The molecule has 0 amide bonds. The highest BCUT2D eigenvalue weighted by Crippen LogP contribution is 2.04. The van der Waals surface area contributed by atoms with Crippen LogP contribution in [0.3, 0.4) is 0 Å². The smallest absolute Gasteiger partial charge is 0.191 e. The van der Waals surface area contributed by atoms with E-state index in [1.807, 2.05) is 12.1 Å². The molecular formula is C16H27FIN3. The normalized spacial score (nSPS) is 12.8. The first-order chi connectivity index (χ1) is 9.52. The zero-order valence-corrected chi connectivity index (χ0v) is 15.6. The average molecular weight is 407 g/mol. The number of guanidine groups is 1. The van der Waals surface area contributed by atoms with Gasteiger partial charge in [-0.15, -0.1) is 24.0 Å². The molecule has 0 radical (unpaired) electrons. The zero-order valence-electron chi connectivity index (χ0n) is 13.3. The largest absolute Gasteiger partial charge is 0.357 e. The van der Waals surface area contributed by atoms with Crippen molar-refractivity contribution in [3.05, 3.63) is 35.6 Å². The lowest BCUT2D eigenvalue weighted by Crippen LogP contribution is -2.44. The molecule has 3 nitrogen and oxygen atoms in total. The van der Waals surface area contributed by atoms with Crippen molar-refractivity contribution in [1.82, 2.24) is 10.6 Å². The quantitative estimate of drug-likeness (QED) is 0.430. The molecule has 1 rings (SSSR count). The maximum Gasteiger partial charge on any atom is 0.191 e. The molecule has 0 saturated carbocycles. The first kappa shape index (κ1) is 20.1. The lowest BCUT2D eigenvalue weighted by molar-refractivity contribution is 0.481. The number of hydrogen-bond acceptors (Lipinski definition) is 1. The van der Waals surface area contributed by atoms with E-state index in [-0.39, 0.29) is 29.8 Å². The summed E-state index contributed by atoms with van der Waals surface area (Å²) in [5, 5.41) is 6.63. The van der Waals surface area contributed by atoms with Crippen molar-refractivity contribution in [2.45, 2.75) is 40.2 Å². The number of nitrogens with zero attached hydrogens (tertiary/aromatic N) is 1. The molecule has 1 unspecified atom stereocenters. The molecular weight excluding hydrogens is 380 g/mol. The molecule has 0 bridgehead atoms. The Bertz CT molecular complexity index is 418. The number of rotatable bonds is 6. The minimum Gasteiger partial charge on any atom is -0.357 e. The third kappa shape index (κ3) is 8.24. The number of halogens is 2. The molecule has 1 aromatic carbocycles. The molecule has 0 aliphatic heterocycles. The highest BCUT2D eigenvalue weighted by Gasteiger charge is 2.08. The van der Waals surface area contributed by atoms with Crippen molar-refractivity contribution < 1.29 is 4.39 Å². The minimum atomic E-state index is -0.196. The molecule has 0 spiro atoms. The second-order valence-electron chi connectivity index (χ2n) is 5.31. The van der Waals surface area contributed by atoms with Gasteiger partial charge in [-0.05, 0) is 43.9 Å². The molecule has 0 fully saturated rings. The fraction of sp³-hybridized carbons (Fsp3) is 0.562. The summed E-state index contributed by atoms with van der Waals surface area (Å²) in [5.74, 6) is 1.20. The monoisotopic (exact) mass is 407 g/mol. The summed E-state index contributed by atoms with van der Waals surface area (Å²) in [7, 11) is 0. The highest BCUT2D eigenvalue weighted by molar-refractivity contribution is 14.0. The van der Waals surface area contributed by atoms with Crippen molar-refractivity contribution in [3.8, 4) is 0 Å². The Morgan fingerprint density at radius 3 is 2.33 bits per heavy atom. The Morgan fingerprint density at radius 1 is 1.19 bits per heavy atom. The van der Waals surface area contributed by atoms with Gasteiger partial charge in [0.1, 0.15) is 5.82 Å². The van der Waals surface area contributed by atoms with Gasteiger partial charge in [0.2, 0.25) is 0 Å². The van der Waals surface area contributed by atoms with Gasteiger partial charge < -0.3 is 10.6 Å². The third-order valence-electron chi connectivity index (χ3n) is 3.29. The van der Waals surface area contributed by atoms with Crippen LogP contribution in [0.5, 0.6) is 0 Å². The van der Waals surface area contributed by atoms with Crippen molar-refractivity contribution in [1.29, 1.82) is 0 Å². The third-order valence-corrected chi connectivity index (χ3v) is 3.29. The van der Waals surface area contributed by atoms with Crippen molar-refractivity contribution >= 4 is 29.9 Å². The van der Waals surface area contributed by atoms with Crippen LogP contribution in [0.15, 0.2) is 29.3 Å². The highest BCUT2D eigenvalue weighted by atomic mass is 127. The van der Waals surface area contributed by atoms with E-state index < -0.39 is 0 Å². The molecule has 0 heterocycles. The van der Waals surface area contributed by atoms with E-state index in [2.05, 4.69) is 43.3 Å². The van der Waals surface area contributed by atoms with Crippen LogP contribution < -0.4 is 10.6 Å². The predicted molar refractivity (Wildman–Crippen MR) is 98.9 cm³/mol. The molecule has 0 aromatic heterocycles. The van der Waals surface area contributed by atoms with Gasteiger partial charge in [0, 0.05) is 19.1 Å². The van der Waals surface area contributed by atoms with Gasteiger partial charge in [-0.2, -0.15) is 0 Å². The van der Waals surface area contributed by atoms with E-state index in [1.54, 1.807) is 0 Å². The van der Waals surface area contributed by atoms with Gasteiger partial charge >= 0.3 is 0 Å². The SMILES string of the molecule is CCNC(=NCCc1ccc(F)cc1)NC(C)C(C)C.I. The van der Waals surface area contributed by atoms with Crippen LogP contribution in [0.1, 0.15) is 33.3 Å². The number of benzene rings is 1. The average Bonchev–Trinajstić information content (AvgIpc) is 2.41. The molecule has 120 valence electrons. The topological polar surface area (TPSA) is 36.4 Å². The van der Waals surface area contributed by atoms with Crippen LogP contribution in [-0.2, 0) is 6.42 Å². The molecule has 2 N–H and O–H groups in total. The van der Waals surface area contributed by atoms with Gasteiger partial charge in [-0.3, -0.25) is 4.99 Å². The zero-order chi connectivity index (χ0) is 15.0. The Morgan fingerprint density at radius 2 is 1.81 bits per heavy atom.